The second kappa shape index (κ2) is 7.07. The third-order valence-electron chi connectivity index (χ3n) is 3.20. The second-order valence-electron chi connectivity index (χ2n) is 4.86. The molecule has 0 aliphatic carbocycles. The van der Waals surface area contributed by atoms with Gasteiger partial charge in [-0.1, -0.05) is 12.1 Å². The molecule has 0 bridgehead atoms. The van der Waals surface area contributed by atoms with Gasteiger partial charge in [0.25, 0.3) is 0 Å². The van der Waals surface area contributed by atoms with E-state index in [9.17, 15) is 5.11 Å². The molecule has 0 radical (unpaired) electrons. The Morgan fingerprint density at radius 1 is 1.35 bits per heavy atom. The van der Waals surface area contributed by atoms with E-state index in [0.29, 0.717) is 6.54 Å². The molecule has 2 N–H and O–H groups in total. The summed E-state index contributed by atoms with van der Waals surface area (Å²) in [6, 6.07) is 7.73. The van der Waals surface area contributed by atoms with Crippen LogP contribution in [0.25, 0.3) is 0 Å². The summed E-state index contributed by atoms with van der Waals surface area (Å²) >= 11 is 0. The summed E-state index contributed by atoms with van der Waals surface area (Å²) in [7, 11) is 1.63. The number of nitrogens with one attached hydrogen (secondary N) is 1. The zero-order valence-electron chi connectivity index (χ0n) is 11.9. The first kappa shape index (κ1) is 14.6. The van der Waals surface area contributed by atoms with Crippen LogP contribution in [-0.2, 0) is 6.54 Å². The van der Waals surface area contributed by atoms with E-state index >= 15 is 0 Å². The molecule has 1 heterocycles. The van der Waals surface area contributed by atoms with Gasteiger partial charge in [0.1, 0.15) is 5.75 Å². The predicted octanol–water partition coefficient (Wildman–Crippen LogP) is 1.60. The first-order chi connectivity index (χ1) is 9.69. The van der Waals surface area contributed by atoms with Gasteiger partial charge in [-0.2, -0.15) is 0 Å². The first-order valence-electron chi connectivity index (χ1n) is 6.70. The van der Waals surface area contributed by atoms with Crippen molar-refractivity contribution in [1.82, 2.24) is 14.9 Å². The maximum atomic E-state index is 10.1. The van der Waals surface area contributed by atoms with Crippen LogP contribution in [0.4, 0.5) is 0 Å². The van der Waals surface area contributed by atoms with Gasteiger partial charge in [-0.15, -0.1) is 0 Å². The number of rotatable bonds is 7. The lowest BCUT2D eigenvalue weighted by Crippen LogP contribution is -2.33. The van der Waals surface area contributed by atoms with Crippen molar-refractivity contribution in [1.29, 1.82) is 0 Å². The molecule has 0 amide bonds. The molecule has 0 aliphatic heterocycles. The van der Waals surface area contributed by atoms with Crippen molar-refractivity contribution in [3.8, 4) is 5.75 Å². The fourth-order valence-electron chi connectivity index (χ4n) is 2.03. The van der Waals surface area contributed by atoms with Gasteiger partial charge in [-0.05, 0) is 24.6 Å². The smallest absolute Gasteiger partial charge is 0.118 e. The van der Waals surface area contributed by atoms with Crippen molar-refractivity contribution in [2.45, 2.75) is 25.6 Å². The average Bonchev–Trinajstić information content (AvgIpc) is 2.97. The molecule has 20 heavy (non-hydrogen) atoms. The molecule has 0 aliphatic rings. The van der Waals surface area contributed by atoms with Crippen LogP contribution in [0.5, 0.6) is 5.75 Å². The Labute approximate surface area is 119 Å². The minimum atomic E-state index is -0.522. The van der Waals surface area contributed by atoms with Crippen LogP contribution in [0.3, 0.4) is 0 Å². The van der Waals surface area contributed by atoms with Crippen molar-refractivity contribution < 1.29 is 9.84 Å². The molecule has 0 spiro atoms. The van der Waals surface area contributed by atoms with Crippen LogP contribution in [0, 0.1) is 0 Å². The number of aliphatic hydroxyl groups excluding tert-OH is 1. The second-order valence-corrected chi connectivity index (χ2v) is 4.86. The zero-order valence-corrected chi connectivity index (χ0v) is 11.9. The number of nitrogens with zero attached hydrogens (tertiary/aromatic N) is 2. The van der Waals surface area contributed by atoms with Gasteiger partial charge in [0.15, 0.2) is 0 Å². The van der Waals surface area contributed by atoms with Crippen LogP contribution in [-0.4, -0.2) is 34.4 Å². The number of hydrogen-bond donors (Lipinski definition) is 2. The molecule has 2 aromatic rings. The van der Waals surface area contributed by atoms with Gasteiger partial charge in [-0.25, -0.2) is 4.98 Å². The maximum absolute atomic E-state index is 10.1. The molecule has 5 nitrogen and oxygen atoms in total. The number of methoxy groups -OCH3 is 1. The summed E-state index contributed by atoms with van der Waals surface area (Å²) in [4.78, 5) is 4.01. The molecule has 5 heteroatoms. The van der Waals surface area contributed by atoms with Gasteiger partial charge in [0.2, 0.25) is 0 Å². The SMILES string of the molecule is COc1ccc(C(O)CNC(C)Cn2ccnc2)cc1. The molecule has 2 atom stereocenters. The molecular weight excluding hydrogens is 254 g/mol. The number of benzene rings is 1. The molecule has 0 saturated heterocycles. The fourth-order valence-corrected chi connectivity index (χ4v) is 2.03. The Bertz CT molecular complexity index is 496. The Kier molecular flexibility index (Phi) is 5.15. The molecular formula is C15H21N3O2. The van der Waals surface area contributed by atoms with Crippen LogP contribution >= 0.6 is 0 Å². The highest BCUT2D eigenvalue weighted by atomic mass is 16.5. The summed E-state index contributed by atoms with van der Waals surface area (Å²) < 4.78 is 7.11. The first-order valence-corrected chi connectivity index (χ1v) is 6.70. The van der Waals surface area contributed by atoms with E-state index < -0.39 is 6.10 Å². The summed E-state index contributed by atoms with van der Waals surface area (Å²) in [6.45, 7) is 3.43. The number of ether oxygens (including phenoxy) is 1. The minimum absolute atomic E-state index is 0.261. The van der Waals surface area contributed by atoms with Crippen molar-refractivity contribution in [2.24, 2.45) is 0 Å². The van der Waals surface area contributed by atoms with E-state index in [-0.39, 0.29) is 6.04 Å². The van der Waals surface area contributed by atoms with Crippen molar-refractivity contribution in [2.75, 3.05) is 13.7 Å². The fraction of sp³-hybridized carbons (Fsp3) is 0.400. The van der Waals surface area contributed by atoms with Crippen molar-refractivity contribution in [3.05, 3.63) is 48.5 Å². The van der Waals surface area contributed by atoms with Gasteiger partial charge in [0, 0.05) is 31.5 Å². The van der Waals surface area contributed by atoms with Gasteiger partial charge in [0.05, 0.1) is 19.5 Å². The number of hydrogen-bond acceptors (Lipinski definition) is 4. The largest absolute Gasteiger partial charge is 0.497 e. The third kappa shape index (κ3) is 4.08. The molecule has 108 valence electrons. The van der Waals surface area contributed by atoms with Gasteiger partial charge >= 0.3 is 0 Å². The number of imidazole rings is 1. The molecule has 1 aromatic heterocycles. The highest BCUT2D eigenvalue weighted by Gasteiger charge is 2.09. The van der Waals surface area contributed by atoms with Gasteiger partial charge < -0.3 is 19.7 Å². The lowest BCUT2D eigenvalue weighted by Gasteiger charge is -2.18. The molecule has 1 aromatic carbocycles. The zero-order chi connectivity index (χ0) is 14.4. The van der Waals surface area contributed by atoms with Crippen molar-refractivity contribution >= 4 is 0 Å². The topological polar surface area (TPSA) is 59.3 Å². The monoisotopic (exact) mass is 275 g/mol. The predicted molar refractivity (Wildman–Crippen MR) is 77.6 cm³/mol. The van der Waals surface area contributed by atoms with E-state index in [1.165, 1.54) is 0 Å². The van der Waals surface area contributed by atoms with Crippen LogP contribution in [0.2, 0.25) is 0 Å². The van der Waals surface area contributed by atoms with E-state index in [1.807, 2.05) is 35.0 Å². The van der Waals surface area contributed by atoms with Crippen LogP contribution < -0.4 is 10.1 Å². The Morgan fingerprint density at radius 2 is 2.10 bits per heavy atom. The molecule has 0 saturated carbocycles. The minimum Gasteiger partial charge on any atom is -0.497 e. The number of aliphatic hydroxyl groups is 1. The van der Waals surface area contributed by atoms with E-state index in [1.54, 1.807) is 19.6 Å². The van der Waals surface area contributed by atoms with Crippen LogP contribution in [0.1, 0.15) is 18.6 Å². The lowest BCUT2D eigenvalue weighted by atomic mass is 10.1. The molecule has 2 rings (SSSR count). The summed E-state index contributed by atoms with van der Waals surface area (Å²) in [5, 5.41) is 13.5. The van der Waals surface area contributed by atoms with E-state index in [0.717, 1.165) is 17.9 Å². The summed E-state index contributed by atoms with van der Waals surface area (Å²) in [5.41, 5.74) is 0.883. The maximum Gasteiger partial charge on any atom is 0.118 e. The summed E-state index contributed by atoms with van der Waals surface area (Å²) in [5.74, 6) is 0.794. The van der Waals surface area contributed by atoms with E-state index in [4.69, 9.17) is 4.74 Å². The van der Waals surface area contributed by atoms with Crippen LogP contribution in [0.15, 0.2) is 43.0 Å². The summed E-state index contributed by atoms with van der Waals surface area (Å²) in [6.07, 6.45) is 4.96. The molecule has 0 fully saturated rings. The highest BCUT2D eigenvalue weighted by molar-refractivity contribution is 5.28. The lowest BCUT2D eigenvalue weighted by molar-refractivity contribution is 0.169. The van der Waals surface area contributed by atoms with Crippen molar-refractivity contribution in [3.63, 3.8) is 0 Å². The Balaban J connectivity index is 1.80. The molecule has 2 unspecified atom stereocenters. The quantitative estimate of drug-likeness (QED) is 0.806. The average molecular weight is 275 g/mol. The third-order valence-corrected chi connectivity index (χ3v) is 3.20. The van der Waals surface area contributed by atoms with E-state index in [2.05, 4.69) is 17.2 Å². The normalized spacial score (nSPS) is 13.9. The Hall–Kier alpha value is -1.85. The number of aromatic nitrogens is 2. The van der Waals surface area contributed by atoms with Gasteiger partial charge in [-0.3, -0.25) is 0 Å². The highest BCUT2D eigenvalue weighted by Crippen LogP contribution is 2.17. The Morgan fingerprint density at radius 3 is 2.70 bits per heavy atom. The standard InChI is InChI=1S/C15H21N3O2/c1-12(10-18-8-7-16-11-18)17-9-15(19)13-3-5-14(20-2)6-4-13/h3-8,11-12,15,17,19H,9-10H2,1-2H3.